The molecule has 2 fully saturated rings. The van der Waals surface area contributed by atoms with Crippen molar-refractivity contribution in [1.29, 1.82) is 0 Å². The van der Waals surface area contributed by atoms with Crippen LogP contribution in [0.2, 0.25) is 0 Å². The molecule has 0 aliphatic carbocycles. The molecule has 158 valence electrons. The standard InChI is InChI=1S/C22H36N4O.HI/c1-18(2)20-8-4-5-9-21(20)27-15-11-24-22(23-3)26-14-10-19(17-26)16-25-12-6-7-13-25;/h4-5,8-9,18-19H,6-7,10-17H2,1-3H3,(H,23,24);1H. The molecule has 2 aliphatic heterocycles. The van der Waals surface area contributed by atoms with Crippen LogP contribution in [0, 0.1) is 5.92 Å². The van der Waals surface area contributed by atoms with Crippen LogP contribution in [0.4, 0.5) is 0 Å². The Kier molecular flexibility index (Phi) is 9.85. The zero-order valence-electron chi connectivity index (χ0n) is 17.7. The predicted molar refractivity (Wildman–Crippen MR) is 128 cm³/mol. The van der Waals surface area contributed by atoms with Gasteiger partial charge in [0.1, 0.15) is 12.4 Å². The van der Waals surface area contributed by atoms with E-state index in [-0.39, 0.29) is 24.0 Å². The lowest BCUT2D eigenvalue weighted by Gasteiger charge is -2.23. The quantitative estimate of drug-likeness (QED) is 0.268. The molecule has 3 rings (SSSR count). The molecule has 2 heterocycles. The van der Waals surface area contributed by atoms with Gasteiger partial charge in [-0.25, -0.2) is 0 Å². The highest BCUT2D eigenvalue weighted by Gasteiger charge is 2.27. The van der Waals surface area contributed by atoms with Gasteiger partial charge in [-0.05, 0) is 55.8 Å². The Bertz CT molecular complexity index is 616. The minimum atomic E-state index is 0. The number of nitrogens with one attached hydrogen (secondary N) is 1. The number of rotatable bonds is 7. The van der Waals surface area contributed by atoms with Crippen LogP contribution in [0.1, 0.15) is 44.6 Å². The normalized spacial score (nSPS) is 20.5. The summed E-state index contributed by atoms with van der Waals surface area (Å²) in [6.07, 6.45) is 4.02. The van der Waals surface area contributed by atoms with Crippen LogP contribution < -0.4 is 10.1 Å². The Morgan fingerprint density at radius 2 is 1.96 bits per heavy atom. The van der Waals surface area contributed by atoms with Gasteiger partial charge in [0.15, 0.2) is 5.96 Å². The average Bonchev–Trinajstić information content (AvgIpc) is 3.35. The second-order valence-corrected chi connectivity index (χ2v) is 8.12. The van der Waals surface area contributed by atoms with Gasteiger partial charge in [0.05, 0.1) is 6.54 Å². The number of benzene rings is 1. The number of hydrogen-bond acceptors (Lipinski definition) is 3. The molecule has 0 aromatic heterocycles. The summed E-state index contributed by atoms with van der Waals surface area (Å²) in [6, 6.07) is 8.33. The van der Waals surface area contributed by atoms with Gasteiger partial charge in [-0.3, -0.25) is 4.99 Å². The van der Waals surface area contributed by atoms with Gasteiger partial charge in [-0.2, -0.15) is 0 Å². The Hall–Kier alpha value is -1.02. The molecule has 0 saturated carbocycles. The molecule has 1 atom stereocenters. The third-order valence-electron chi connectivity index (χ3n) is 5.70. The topological polar surface area (TPSA) is 40.1 Å². The maximum atomic E-state index is 6.02. The molecule has 0 amide bonds. The number of aliphatic imine (C=N–C) groups is 1. The number of para-hydroxylation sites is 1. The SMILES string of the molecule is CN=C(NCCOc1ccccc1C(C)C)N1CCC(CN2CCCC2)C1.I. The van der Waals surface area contributed by atoms with E-state index in [9.17, 15) is 0 Å². The molecule has 0 radical (unpaired) electrons. The first-order chi connectivity index (χ1) is 13.2. The second kappa shape index (κ2) is 11.9. The van der Waals surface area contributed by atoms with Crippen molar-refractivity contribution in [1.82, 2.24) is 15.1 Å². The van der Waals surface area contributed by atoms with Gasteiger partial charge in [-0.1, -0.05) is 32.0 Å². The molecule has 5 nitrogen and oxygen atoms in total. The molecule has 1 aromatic rings. The highest BCUT2D eigenvalue weighted by molar-refractivity contribution is 14.0. The van der Waals surface area contributed by atoms with Crippen LogP contribution in [0.5, 0.6) is 5.75 Å². The van der Waals surface area contributed by atoms with Gasteiger partial charge in [0, 0.05) is 26.7 Å². The van der Waals surface area contributed by atoms with Crippen molar-refractivity contribution < 1.29 is 4.74 Å². The van der Waals surface area contributed by atoms with Crippen LogP contribution in [0.25, 0.3) is 0 Å². The van der Waals surface area contributed by atoms with Gasteiger partial charge >= 0.3 is 0 Å². The van der Waals surface area contributed by atoms with Crippen LogP contribution >= 0.6 is 24.0 Å². The van der Waals surface area contributed by atoms with Crippen molar-refractivity contribution in [3.63, 3.8) is 0 Å². The van der Waals surface area contributed by atoms with Crippen LogP contribution in [0.3, 0.4) is 0 Å². The first kappa shape index (κ1) is 23.3. The Labute approximate surface area is 187 Å². The van der Waals surface area contributed by atoms with E-state index < -0.39 is 0 Å². The molecule has 6 heteroatoms. The minimum absolute atomic E-state index is 0. The van der Waals surface area contributed by atoms with E-state index in [0.717, 1.165) is 37.3 Å². The molecular formula is C22H37IN4O. The summed E-state index contributed by atoms with van der Waals surface area (Å²) in [4.78, 5) is 9.52. The van der Waals surface area contributed by atoms with Crippen LogP contribution in [0.15, 0.2) is 29.3 Å². The highest BCUT2D eigenvalue weighted by Crippen LogP contribution is 2.25. The van der Waals surface area contributed by atoms with Crippen LogP contribution in [-0.4, -0.2) is 68.7 Å². The number of halogens is 1. The fraction of sp³-hybridized carbons (Fsp3) is 0.682. The van der Waals surface area contributed by atoms with Gasteiger partial charge in [0.2, 0.25) is 0 Å². The number of nitrogens with zero attached hydrogens (tertiary/aromatic N) is 3. The Morgan fingerprint density at radius 3 is 2.68 bits per heavy atom. The van der Waals surface area contributed by atoms with Crippen molar-refractivity contribution in [3.05, 3.63) is 29.8 Å². The fourth-order valence-corrected chi connectivity index (χ4v) is 4.25. The summed E-state index contributed by atoms with van der Waals surface area (Å²) in [7, 11) is 1.88. The number of likely N-dealkylation sites (tertiary alicyclic amines) is 2. The molecule has 2 aliphatic rings. The zero-order chi connectivity index (χ0) is 19.1. The average molecular weight is 500 g/mol. The van der Waals surface area contributed by atoms with E-state index >= 15 is 0 Å². The molecule has 1 unspecified atom stereocenters. The lowest BCUT2D eigenvalue weighted by Crippen LogP contribution is -2.42. The summed E-state index contributed by atoms with van der Waals surface area (Å²) in [6.45, 7) is 11.9. The fourth-order valence-electron chi connectivity index (χ4n) is 4.25. The summed E-state index contributed by atoms with van der Waals surface area (Å²) in [5.41, 5.74) is 1.27. The van der Waals surface area contributed by atoms with E-state index in [4.69, 9.17) is 4.74 Å². The third-order valence-corrected chi connectivity index (χ3v) is 5.70. The van der Waals surface area contributed by atoms with Crippen molar-refractivity contribution in [2.24, 2.45) is 10.9 Å². The molecule has 1 N–H and O–H groups in total. The minimum Gasteiger partial charge on any atom is -0.491 e. The zero-order valence-corrected chi connectivity index (χ0v) is 20.0. The molecular weight excluding hydrogens is 463 g/mol. The van der Waals surface area contributed by atoms with E-state index in [1.165, 1.54) is 44.5 Å². The first-order valence-corrected chi connectivity index (χ1v) is 10.6. The maximum absolute atomic E-state index is 6.02. The molecule has 0 bridgehead atoms. The predicted octanol–water partition coefficient (Wildman–Crippen LogP) is 3.80. The largest absolute Gasteiger partial charge is 0.491 e. The second-order valence-electron chi connectivity index (χ2n) is 8.12. The number of ether oxygens (including phenoxy) is 1. The lowest BCUT2D eigenvalue weighted by atomic mass is 10.0. The molecule has 1 aromatic carbocycles. The Balaban J connectivity index is 0.00000280. The van der Waals surface area contributed by atoms with Crippen molar-refractivity contribution >= 4 is 29.9 Å². The summed E-state index contributed by atoms with van der Waals surface area (Å²) in [5.74, 6) is 3.26. The van der Waals surface area contributed by atoms with Crippen molar-refractivity contribution in [2.75, 3.05) is 52.9 Å². The van der Waals surface area contributed by atoms with Gasteiger partial charge in [0.25, 0.3) is 0 Å². The van der Waals surface area contributed by atoms with E-state index in [1.54, 1.807) is 0 Å². The maximum Gasteiger partial charge on any atom is 0.193 e. The van der Waals surface area contributed by atoms with Crippen molar-refractivity contribution in [3.8, 4) is 5.75 Å². The van der Waals surface area contributed by atoms with E-state index in [2.05, 4.69) is 52.2 Å². The smallest absolute Gasteiger partial charge is 0.193 e. The van der Waals surface area contributed by atoms with E-state index in [1.807, 2.05) is 13.1 Å². The third kappa shape index (κ3) is 6.51. The summed E-state index contributed by atoms with van der Waals surface area (Å²) < 4.78 is 6.02. The monoisotopic (exact) mass is 500 g/mol. The Morgan fingerprint density at radius 1 is 1.21 bits per heavy atom. The first-order valence-electron chi connectivity index (χ1n) is 10.6. The summed E-state index contributed by atoms with van der Waals surface area (Å²) in [5, 5.41) is 3.48. The lowest BCUT2D eigenvalue weighted by molar-refractivity contribution is 0.280. The van der Waals surface area contributed by atoms with Crippen LogP contribution in [-0.2, 0) is 0 Å². The summed E-state index contributed by atoms with van der Waals surface area (Å²) >= 11 is 0. The highest BCUT2D eigenvalue weighted by atomic mass is 127. The van der Waals surface area contributed by atoms with Gasteiger partial charge < -0.3 is 19.9 Å². The molecule has 0 spiro atoms. The molecule has 2 saturated heterocycles. The number of guanidine groups is 1. The number of hydrogen-bond donors (Lipinski definition) is 1. The van der Waals surface area contributed by atoms with Crippen molar-refractivity contribution in [2.45, 2.75) is 39.0 Å². The van der Waals surface area contributed by atoms with Gasteiger partial charge in [-0.15, -0.1) is 24.0 Å². The molecule has 28 heavy (non-hydrogen) atoms. The van der Waals surface area contributed by atoms with E-state index in [0.29, 0.717) is 12.5 Å².